The first-order valence-electron chi connectivity index (χ1n) is 6.99. The molecule has 0 spiro atoms. The Hall–Kier alpha value is -2.22. The molecule has 2 rings (SSSR count). The third-order valence-electron chi connectivity index (χ3n) is 2.68. The zero-order chi connectivity index (χ0) is 15.2. The van der Waals surface area contributed by atoms with Crippen LogP contribution in [-0.2, 0) is 0 Å². The first kappa shape index (κ1) is 15.2. The molecule has 0 aliphatic rings. The Kier molecular flexibility index (Phi) is 5.04. The topological polar surface area (TPSA) is 83.8 Å². The molecule has 2 N–H and O–H groups in total. The highest BCUT2D eigenvalue weighted by molar-refractivity contribution is 5.38. The van der Waals surface area contributed by atoms with Gasteiger partial charge in [0.2, 0.25) is 11.9 Å². The number of likely N-dealkylation sites (N-methyl/N-ethyl adjacent to an activating group) is 1. The van der Waals surface area contributed by atoms with Crippen LogP contribution >= 0.6 is 0 Å². The lowest BCUT2D eigenvalue weighted by molar-refractivity contribution is 0.391. The molecule has 8 heteroatoms. The van der Waals surface area contributed by atoms with Gasteiger partial charge in [-0.2, -0.15) is 20.1 Å². The quantitative estimate of drug-likeness (QED) is 0.782. The van der Waals surface area contributed by atoms with Crippen molar-refractivity contribution in [2.24, 2.45) is 0 Å². The van der Waals surface area contributed by atoms with Crippen molar-refractivity contribution >= 4 is 11.9 Å². The van der Waals surface area contributed by atoms with Gasteiger partial charge in [0.05, 0.1) is 0 Å². The Labute approximate surface area is 124 Å². The molecule has 2 aromatic rings. The summed E-state index contributed by atoms with van der Waals surface area (Å²) in [6, 6.07) is 2.06. The van der Waals surface area contributed by atoms with Crippen molar-refractivity contribution in [2.75, 3.05) is 37.8 Å². The number of anilines is 2. The molecule has 8 nitrogen and oxygen atoms in total. The van der Waals surface area contributed by atoms with Gasteiger partial charge in [-0.25, -0.2) is 4.68 Å². The van der Waals surface area contributed by atoms with Crippen molar-refractivity contribution in [2.45, 2.75) is 19.9 Å². The van der Waals surface area contributed by atoms with Crippen molar-refractivity contribution < 1.29 is 0 Å². The van der Waals surface area contributed by atoms with Crippen LogP contribution in [0.15, 0.2) is 18.5 Å². The van der Waals surface area contributed by atoms with E-state index in [0.717, 1.165) is 13.1 Å². The van der Waals surface area contributed by atoms with Crippen LogP contribution in [0.1, 0.15) is 13.8 Å². The molecule has 0 aliphatic heterocycles. The van der Waals surface area contributed by atoms with Crippen LogP contribution in [0.25, 0.3) is 5.95 Å². The van der Waals surface area contributed by atoms with Crippen LogP contribution in [0.3, 0.4) is 0 Å². The largest absolute Gasteiger partial charge is 0.354 e. The zero-order valence-electron chi connectivity index (χ0n) is 12.9. The number of hydrogen-bond acceptors (Lipinski definition) is 7. The fraction of sp³-hybridized carbons (Fsp3) is 0.538. The highest BCUT2D eigenvalue weighted by Crippen LogP contribution is 2.09. The maximum atomic E-state index is 4.41. The minimum atomic E-state index is 0.224. The van der Waals surface area contributed by atoms with E-state index in [1.807, 2.05) is 27.1 Å². The molecule has 0 amide bonds. The number of nitrogens with zero attached hydrogens (tertiary/aromatic N) is 6. The van der Waals surface area contributed by atoms with Gasteiger partial charge in [-0.3, -0.25) is 0 Å². The number of rotatable bonds is 7. The molecule has 0 radical (unpaired) electrons. The second-order valence-electron chi connectivity index (χ2n) is 5.07. The second-order valence-corrected chi connectivity index (χ2v) is 5.07. The van der Waals surface area contributed by atoms with Gasteiger partial charge in [0.15, 0.2) is 0 Å². The first-order valence-corrected chi connectivity index (χ1v) is 6.99. The van der Waals surface area contributed by atoms with Crippen molar-refractivity contribution in [3.63, 3.8) is 0 Å². The van der Waals surface area contributed by atoms with Gasteiger partial charge in [-0.15, -0.1) is 0 Å². The maximum absolute atomic E-state index is 4.41. The Morgan fingerprint density at radius 3 is 2.62 bits per heavy atom. The molecule has 1 atom stereocenters. The zero-order valence-corrected chi connectivity index (χ0v) is 12.9. The number of nitrogens with one attached hydrogen (secondary N) is 2. The molecule has 0 aromatic carbocycles. The van der Waals surface area contributed by atoms with Crippen LogP contribution in [0, 0.1) is 0 Å². The molecule has 2 heterocycles. The highest BCUT2D eigenvalue weighted by Gasteiger charge is 2.11. The summed E-state index contributed by atoms with van der Waals surface area (Å²) < 4.78 is 1.62. The lowest BCUT2D eigenvalue weighted by atomic mass is 10.3. The van der Waals surface area contributed by atoms with E-state index < -0.39 is 0 Å². The number of hydrogen-bond donors (Lipinski definition) is 2. The summed E-state index contributed by atoms with van der Waals surface area (Å²) >= 11 is 0. The van der Waals surface area contributed by atoms with Crippen LogP contribution in [0.5, 0.6) is 0 Å². The number of aromatic nitrogens is 5. The van der Waals surface area contributed by atoms with Crippen molar-refractivity contribution in [3.05, 3.63) is 18.5 Å². The normalized spacial score (nSPS) is 12.4. The Bertz CT molecular complexity index is 551. The maximum Gasteiger partial charge on any atom is 0.257 e. The summed E-state index contributed by atoms with van der Waals surface area (Å²) in [5.74, 6) is 1.57. The van der Waals surface area contributed by atoms with Gasteiger partial charge in [0.1, 0.15) is 0 Å². The summed E-state index contributed by atoms with van der Waals surface area (Å²) in [4.78, 5) is 15.3. The fourth-order valence-corrected chi connectivity index (χ4v) is 1.97. The van der Waals surface area contributed by atoms with Gasteiger partial charge in [0.25, 0.3) is 5.95 Å². The standard InChI is InChI=1S/C13H22N8/c1-5-14-11-17-12(16-10(2)9-20(3)4)19-13(18-11)21-8-6-7-15-21/h6-8,10H,5,9H2,1-4H3,(H2,14,16,17,18,19). The van der Waals surface area contributed by atoms with E-state index in [0.29, 0.717) is 17.8 Å². The van der Waals surface area contributed by atoms with Crippen molar-refractivity contribution in [1.29, 1.82) is 0 Å². The third-order valence-corrected chi connectivity index (χ3v) is 2.68. The van der Waals surface area contributed by atoms with Gasteiger partial charge >= 0.3 is 0 Å². The molecule has 0 bridgehead atoms. The van der Waals surface area contributed by atoms with Gasteiger partial charge in [-0.05, 0) is 34.0 Å². The smallest absolute Gasteiger partial charge is 0.257 e. The molecule has 0 saturated heterocycles. The first-order chi connectivity index (χ1) is 10.1. The van der Waals surface area contributed by atoms with Gasteiger partial charge in [0, 0.05) is 31.5 Å². The molecule has 114 valence electrons. The highest BCUT2D eigenvalue weighted by atomic mass is 15.4. The monoisotopic (exact) mass is 290 g/mol. The van der Waals surface area contributed by atoms with E-state index in [9.17, 15) is 0 Å². The minimum Gasteiger partial charge on any atom is -0.354 e. The third kappa shape index (κ3) is 4.38. The van der Waals surface area contributed by atoms with Gasteiger partial charge in [-0.1, -0.05) is 0 Å². The molecular formula is C13H22N8. The van der Waals surface area contributed by atoms with Crippen LogP contribution in [0.4, 0.5) is 11.9 Å². The summed E-state index contributed by atoms with van der Waals surface area (Å²) in [6.45, 7) is 5.72. The average Bonchev–Trinajstić information content (AvgIpc) is 2.91. The van der Waals surface area contributed by atoms with Crippen LogP contribution in [0.2, 0.25) is 0 Å². The molecule has 1 unspecified atom stereocenters. The Morgan fingerprint density at radius 1 is 1.24 bits per heavy atom. The Morgan fingerprint density at radius 2 is 2.00 bits per heavy atom. The molecule has 0 saturated carbocycles. The lowest BCUT2D eigenvalue weighted by Crippen LogP contribution is -2.30. The molecule has 21 heavy (non-hydrogen) atoms. The van der Waals surface area contributed by atoms with Crippen molar-refractivity contribution in [1.82, 2.24) is 29.6 Å². The molecule has 0 fully saturated rings. The average molecular weight is 290 g/mol. The summed E-state index contributed by atoms with van der Waals surface area (Å²) in [7, 11) is 4.07. The van der Waals surface area contributed by atoms with Crippen LogP contribution in [-0.4, -0.2) is 62.9 Å². The molecule has 0 aliphatic carbocycles. The predicted octanol–water partition coefficient (Wildman–Crippen LogP) is 0.851. The second kappa shape index (κ2) is 6.98. The van der Waals surface area contributed by atoms with Crippen LogP contribution < -0.4 is 10.6 Å². The molecular weight excluding hydrogens is 268 g/mol. The van der Waals surface area contributed by atoms with E-state index in [-0.39, 0.29) is 6.04 Å². The van der Waals surface area contributed by atoms with E-state index in [4.69, 9.17) is 0 Å². The van der Waals surface area contributed by atoms with E-state index in [2.05, 4.69) is 42.5 Å². The van der Waals surface area contributed by atoms with E-state index >= 15 is 0 Å². The van der Waals surface area contributed by atoms with E-state index in [1.54, 1.807) is 17.1 Å². The SMILES string of the molecule is CCNc1nc(NC(C)CN(C)C)nc(-n2cccn2)n1. The van der Waals surface area contributed by atoms with E-state index in [1.165, 1.54) is 0 Å². The van der Waals surface area contributed by atoms with Gasteiger partial charge < -0.3 is 15.5 Å². The van der Waals surface area contributed by atoms with Crippen molar-refractivity contribution in [3.8, 4) is 5.95 Å². The lowest BCUT2D eigenvalue weighted by Gasteiger charge is -2.18. The minimum absolute atomic E-state index is 0.224. The molecule has 2 aromatic heterocycles. The summed E-state index contributed by atoms with van der Waals surface area (Å²) in [6.07, 6.45) is 3.50. The predicted molar refractivity (Wildman–Crippen MR) is 82.8 cm³/mol. The Balaban J connectivity index is 2.23. The fourth-order valence-electron chi connectivity index (χ4n) is 1.97. The summed E-state index contributed by atoms with van der Waals surface area (Å²) in [5, 5.41) is 10.6. The summed E-state index contributed by atoms with van der Waals surface area (Å²) in [5.41, 5.74) is 0.